The molecule has 0 bridgehead atoms. The highest BCUT2D eigenvalue weighted by molar-refractivity contribution is 6.24. The number of amides is 1. The van der Waals surface area contributed by atoms with Crippen LogP contribution in [0, 0.1) is 0 Å². The predicted molar refractivity (Wildman–Crippen MR) is 125 cm³/mol. The van der Waals surface area contributed by atoms with Crippen molar-refractivity contribution in [2.24, 2.45) is 4.99 Å². The minimum atomic E-state index is -0.593. The molecule has 9 heteroatoms. The highest BCUT2D eigenvalue weighted by Crippen LogP contribution is 2.30. The monoisotopic (exact) mass is 445 g/mol. The molecule has 9 nitrogen and oxygen atoms in total. The molecular weight excluding hydrogens is 422 g/mol. The van der Waals surface area contributed by atoms with Crippen LogP contribution in [0.15, 0.2) is 75.9 Å². The summed E-state index contributed by atoms with van der Waals surface area (Å²) in [5.41, 5.74) is 2.30. The number of allylic oxidation sites excluding steroid dienone is 1. The molecule has 1 aliphatic rings. The first kappa shape index (κ1) is 21.9. The largest absolute Gasteiger partial charge is 0.462 e. The summed E-state index contributed by atoms with van der Waals surface area (Å²) < 4.78 is 6.57. The number of aromatic nitrogens is 2. The van der Waals surface area contributed by atoms with Crippen LogP contribution >= 0.6 is 0 Å². The maximum absolute atomic E-state index is 12.8. The fourth-order valence-electron chi connectivity index (χ4n) is 3.52. The second-order valence-corrected chi connectivity index (χ2v) is 7.38. The van der Waals surface area contributed by atoms with E-state index in [1.165, 1.54) is 10.9 Å². The van der Waals surface area contributed by atoms with Gasteiger partial charge < -0.3 is 15.4 Å². The highest BCUT2D eigenvalue weighted by Gasteiger charge is 2.25. The zero-order valence-corrected chi connectivity index (χ0v) is 18.3. The molecule has 2 N–H and O–H groups in total. The molecule has 0 saturated carbocycles. The van der Waals surface area contributed by atoms with Crippen molar-refractivity contribution in [3.05, 3.63) is 76.5 Å². The highest BCUT2D eigenvalue weighted by atomic mass is 16.5. The molecule has 1 aliphatic heterocycles. The molecule has 2 aromatic carbocycles. The van der Waals surface area contributed by atoms with Crippen LogP contribution in [-0.2, 0) is 20.9 Å². The van der Waals surface area contributed by atoms with Crippen molar-refractivity contribution in [2.45, 2.75) is 26.8 Å². The van der Waals surface area contributed by atoms with Gasteiger partial charge in [0.2, 0.25) is 5.91 Å². The van der Waals surface area contributed by atoms with Crippen LogP contribution in [0.5, 0.6) is 0 Å². The number of hydrogen-bond donors (Lipinski definition) is 2. The van der Waals surface area contributed by atoms with Crippen molar-refractivity contribution in [1.82, 2.24) is 14.9 Å². The van der Waals surface area contributed by atoms with Crippen molar-refractivity contribution >= 4 is 40.0 Å². The SMILES string of the molecule is CCOC(=O)C1=C(C)Nc2ccccc2N=C1NC(=O)CCn1cnc2ccccc2c1=O. The Morgan fingerprint density at radius 1 is 1.12 bits per heavy atom. The van der Waals surface area contributed by atoms with Gasteiger partial charge >= 0.3 is 5.97 Å². The molecule has 2 heterocycles. The molecule has 0 unspecified atom stereocenters. The molecule has 33 heavy (non-hydrogen) atoms. The number of anilines is 1. The van der Waals surface area contributed by atoms with Crippen molar-refractivity contribution in [1.29, 1.82) is 0 Å². The first-order valence-corrected chi connectivity index (χ1v) is 10.5. The van der Waals surface area contributed by atoms with E-state index >= 15 is 0 Å². The number of rotatable bonds is 5. The Morgan fingerprint density at radius 3 is 2.70 bits per heavy atom. The van der Waals surface area contributed by atoms with Gasteiger partial charge in [0.25, 0.3) is 5.56 Å². The van der Waals surface area contributed by atoms with Crippen LogP contribution in [-0.4, -0.2) is 33.9 Å². The molecule has 0 radical (unpaired) electrons. The van der Waals surface area contributed by atoms with E-state index in [0.717, 1.165) is 0 Å². The topological polar surface area (TPSA) is 115 Å². The standard InChI is InChI=1S/C24H23N5O4/c1-3-33-24(32)21-15(2)26-18-10-6-7-11-19(18)27-22(21)28-20(30)12-13-29-14-25-17-9-5-4-8-16(17)23(29)31/h4-11,14,26H,3,12-13H2,1-2H3,(H,27,28,30). The maximum Gasteiger partial charge on any atom is 0.343 e. The third-order valence-electron chi connectivity index (χ3n) is 5.12. The van der Waals surface area contributed by atoms with E-state index in [4.69, 9.17) is 4.74 Å². The van der Waals surface area contributed by atoms with Crippen LogP contribution in [0.25, 0.3) is 10.9 Å². The number of aliphatic imine (C=N–C) groups is 1. The van der Waals surface area contributed by atoms with Crippen molar-refractivity contribution in [3.63, 3.8) is 0 Å². The average Bonchev–Trinajstić information content (AvgIpc) is 2.94. The third-order valence-corrected chi connectivity index (χ3v) is 5.12. The lowest BCUT2D eigenvalue weighted by molar-refractivity contribution is -0.137. The van der Waals surface area contributed by atoms with Gasteiger partial charge in [-0.2, -0.15) is 0 Å². The molecule has 0 aliphatic carbocycles. The minimum absolute atomic E-state index is 0.0107. The molecule has 0 fully saturated rings. The van der Waals surface area contributed by atoms with Gasteiger partial charge in [-0.25, -0.2) is 14.8 Å². The fraction of sp³-hybridized carbons (Fsp3) is 0.208. The molecule has 0 spiro atoms. The summed E-state index contributed by atoms with van der Waals surface area (Å²) >= 11 is 0. The molecule has 168 valence electrons. The summed E-state index contributed by atoms with van der Waals surface area (Å²) in [6.45, 7) is 3.73. The number of ether oxygens (including phenoxy) is 1. The minimum Gasteiger partial charge on any atom is -0.462 e. The first-order valence-electron chi connectivity index (χ1n) is 10.5. The van der Waals surface area contributed by atoms with Crippen molar-refractivity contribution in [3.8, 4) is 0 Å². The van der Waals surface area contributed by atoms with Gasteiger partial charge in [0, 0.05) is 18.7 Å². The molecule has 4 rings (SSSR count). The van der Waals surface area contributed by atoms with E-state index in [9.17, 15) is 14.4 Å². The number of fused-ring (bicyclic) bond motifs is 2. The van der Waals surface area contributed by atoms with Gasteiger partial charge in [-0.15, -0.1) is 0 Å². The van der Waals surface area contributed by atoms with Crippen molar-refractivity contribution < 1.29 is 14.3 Å². The van der Waals surface area contributed by atoms with E-state index in [1.807, 2.05) is 24.3 Å². The Hall–Kier alpha value is -4.27. The summed E-state index contributed by atoms with van der Waals surface area (Å²) in [4.78, 5) is 46.9. The van der Waals surface area contributed by atoms with E-state index < -0.39 is 11.9 Å². The second kappa shape index (κ2) is 9.47. The Balaban J connectivity index is 1.58. The number of nitrogens with zero attached hydrogens (tertiary/aromatic N) is 3. The normalized spacial score (nSPS) is 13.0. The second-order valence-electron chi connectivity index (χ2n) is 7.38. The Bertz CT molecular complexity index is 1360. The zero-order valence-electron chi connectivity index (χ0n) is 18.3. The summed E-state index contributed by atoms with van der Waals surface area (Å²) in [6.07, 6.45) is 1.42. The van der Waals surface area contributed by atoms with Crippen LogP contribution in [0.2, 0.25) is 0 Å². The molecule has 0 saturated heterocycles. The number of para-hydroxylation sites is 3. The number of carbonyl (C=O) groups is 2. The van der Waals surface area contributed by atoms with E-state index in [1.54, 1.807) is 38.1 Å². The van der Waals surface area contributed by atoms with Crippen LogP contribution in [0.3, 0.4) is 0 Å². The number of carbonyl (C=O) groups excluding carboxylic acids is 2. The number of aryl methyl sites for hydroxylation is 1. The lowest BCUT2D eigenvalue weighted by Gasteiger charge is -2.13. The molecule has 3 aromatic rings. The zero-order chi connectivity index (χ0) is 23.4. The van der Waals surface area contributed by atoms with Crippen LogP contribution < -0.4 is 16.2 Å². The van der Waals surface area contributed by atoms with Gasteiger partial charge in [0.15, 0.2) is 0 Å². The Kier molecular flexibility index (Phi) is 6.30. The number of hydrogen-bond acceptors (Lipinski definition) is 7. The maximum atomic E-state index is 12.8. The lowest BCUT2D eigenvalue weighted by atomic mass is 10.2. The molecular formula is C24H23N5O4. The predicted octanol–water partition coefficient (Wildman–Crippen LogP) is 2.90. The molecule has 1 aromatic heterocycles. The first-order chi connectivity index (χ1) is 16.0. The third kappa shape index (κ3) is 4.67. The van der Waals surface area contributed by atoms with Gasteiger partial charge in [-0.3, -0.25) is 14.2 Å². The molecule has 1 amide bonds. The molecule has 0 atom stereocenters. The fourth-order valence-corrected chi connectivity index (χ4v) is 3.52. The number of nitrogens with one attached hydrogen (secondary N) is 2. The quantitative estimate of drug-likeness (QED) is 0.584. The van der Waals surface area contributed by atoms with Crippen molar-refractivity contribution in [2.75, 3.05) is 11.9 Å². The summed E-state index contributed by atoms with van der Waals surface area (Å²) in [5, 5.41) is 6.37. The van der Waals surface area contributed by atoms with Gasteiger partial charge in [0.1, 0.15) is 11.4 Å². The van der Waals surface area contributed by atoms with Crippen LogP contribution in [0.4, 0.5) is 11.4 Å². The van der Waals surface area contributed by atoms with Gasteiger partial charge in [0.05, 0.1) is 35.2 Å². The summed E-state index contributed by atoms with van der Waals surface area (Å²) in [5.74, 6) is -0.899. The number of esters is 1. The van der Waals surface area contributed by atoms with Gasteiger partial charge in [-0.1, -0.05) is 24.3 Å². The summed E-state index contributed by atoms with van der Waals surface area (Å²) in [7, 11) is 0. The van der Waals surface area contributed by atoms with Gasteiger partial charge in [-0.05, 0) is 38.1 Å². The van der Waals surface area contributed by atoms with E-state index in [2.05, 4.69) is 20.6 Å². The Labute approximate surface area is 189 Å². The number of benzene rings is 2. The summed E-state index contributed by atoms with van der Waals surface area (Å²) in [6, 6.07) is 14.3. The Morgan fingerprint density at radius 2 is 1.88 bits per heavy atom. The lowest BCUT2D eigenvalue weighted by Crippen LogP contribution is -2.36. The average molecular weight is 445 g/mol. The van der Waals surface area contributed by atoms with Crippen LogP contribution in [0.1, 0.15) is 20.3 Å². The number of amidine groups is 1. The van der Waals surface area contributed by atoms with E-state index in [-0.39, 0.29) is 36.5 Å². The smallest absolute Gasteiger partial charge is 0.343 e. The van der Waals surface area contributed by atoms with E-state index in [0.29, 0.717) is 28.0 Å².